The Kier molecular flexibility index (Phi) is 20.8. The van der Waals surface area contributed by atoms with Crippen LogP contribution in [0.15, 0.2) is 0 Å². The van der Waals surface area contributed by atoms with Crippen LogP contribution in [0.5, 0.6) is 0 Å². The number of carbonyl (C=O) groups is 1. The van der Waals surface area contributed by atoms with Gasteiger partial charge >= 0.3 is 5.97 Å². The molecular weight excluding hydrogens is 320 g/mol. The van der Waals surface area contributed by atoms with Crippen LogP contribution in [0.25, 0.3) is 0 Å². The first-order valence-electron chi connectivity index (χ1n) is 10.2. The summed E-state index contributed by atoms with van der Waals surface area (Å²) >= 11 is 0. The molecule has 0 radical (unpaired) electrons. The van der Waals surface area contributed by atoms with Gasteiger partial charge in [-0.25, -0.2) is 0 Å². The Hall–Kier alpha value is -0.650. The van der Waals surface area contributed by atoms with E-state index in [1.165, 1.54) is 32.1 Å². The van der Waals surface area contributed by atoms with Crippen molar-refractivity contribution in [3.63, 3.8) is 0 Å². The van der Waals surface area contributed by atoms with Crippen LogP contribution < -0.4 is 0 Å². The summed E-state index contributed by atoms with van der Waals surface area (Å²) in [5.41, 5.74) is 0. The van der Waals surface area contributed by atoms with Crippen LogP contribution in [-0.2, 0) is 23.7 Å². The topological polar surface area (TPSA) is 54.0 Å². The molecule has 0 aliphatic carbocycles. The second kappa shape index (κ2) is 21.4. The maximum absolute atomic E-state index is 11.5. The molecule has 0 saturated heterocycles. The summed E-state index contributed by atoms with van der Waals surface area (Å²) in [4.78, 5) is 11.5. The van der Waals surface area contributed by atoms with Crippen molar-refractivity contribution >= 4 is 5.97 Å². The minimum Gasteiger partial charge on any atom is -0.463 e. The Balaban J connectivity index is 3.12. The second-order valence-corrected chi connectivity index (χ2v) is 6.28. The van der Waals surface area contributed by atoms with E-state index in [9.17, 15) is 4.79 Å². The molecule has 0 rings (SSSR count). The summed E-state index contributed by atoms with van der Waals surface area (Å²) < 4.78 is 21.3. The third-order valence-electron chi connectivity index (χ3n) is 3.86. The highest BCUT2D eigenvalue weighted by Gasteiger charge is 2.02. The zero-order valence-electron chi connectivity index (χ0n) is 16.6. The largest absolute Gasteiger partial charge is 0.463 e. The Morgan fingerprint density at radius 1 is 0.560 bits per heavy atom. The van der Waals surface area contributed by atoms with Crippen LogP contribution in [0.4, 0.5) is 0 Å². The smallest absolute Gasteiger partial charge is 0.305 e. The SMILES string of the molecule is CCCCCCCCCC(=O)OCCOCCOCCOCCCC. The molecule has 0 N–H and O–H groups in total. The zero-order chi connectivity index (χ0) is 18.4. The highest BCUT2D eigenvalue weighted by atomic mass is 16.6. The van der Waals surface area contributed by atoms with Gasteiger partial charge in [-0.15, -0.1) is 0 Å². The number of esters is 1. The molecule has 0 saturated carbocycles. The number of ether oxygens (including phenoxy) is 4. The molecule has 25 heavy (non-hydrogen) atoms. The third-order valence-corrected chi connectivity index (χ3v) is 3.86. The Morgan fingerprint density at radius 2 is 1.04 bits per heavy atom. The van der Waals surface area contributed by atoms with Crippen molar-refractivity contribution in [3.05, 3.63) is 0 Å². The molecular formula is C20H40O5. The van der Waals surface area contributed by atoms with Gasteiger partial charge < -0.3 is 18.9 Å². The van der Waals surface area contributed by atoms with Gasteiger partial charge in [0.2, 0.25) is 0 Å². The van der Waals surface area contributed by atoms with E-state index in [1.807, 2.05) is 0 Å². The lowest BCUT2D eigenvalue weighted by Gasteiger charge is -2.07. The summed E-state index contributed by atoms with van der Waals surface area (Å²) in [5.74, 6) is -0.113. The summed E-state index contributed by atoms with van der Waals surface area (Å²) in [6.45, 7) is 8.22. The average molecular weight is 361 g/mol. The van der Waals surface area contributed by atoms with Gasteiger partial charge in [-0.3, -0.25) is 4.79 Å². The van der Waals surface area contributed by atoms with Crippen molar-refractivity contribution in [2.75, 3.05) is 46.2 Å². The van der Waals surface area contributed by atoms with Crippen molar-refractivity contribution in [3.8, 4) is 0 Å². The molecule has 0 aromatic carbocycles. The minimum absolute atomic E-state index is 0.113. The molecule has 0 unspecified atom stereocenters. The number of hydrogen-bond donors (Lipinski definition) is 0. The summed E-state index contributed by atoms with van der Waals surface area (Å²) in [6.07, 6.45) is 11.2. The van der Waals surface area contributed by atoms with E-state index in [2.05, 4.69) is 13.8 Å². The summed E-state index contributed by atoms with van der Waals surface area (Å²) in [6, 6.07) is 0. The predicted molar refractivity (Wildman–Crippen MR) is 101 cm³/mol. The van der Waals surface area contributed by atoms with Gasteiger partial charge in [0.15, 0.2) is 0 Å². The monoisotopic (exact) mass is 360 g/mol. The van der Waals surface area contributed by atoms with Gasteiger partial charge in [0.1, 0.15) is 6.61 Å². The van der Waals surface area contributed by atoms with Crippen molar-refractivity contribution in [2.24, 2.45) is 0 Å². The fourth-order valence-corrected chi connectivity index (χ4v) is 2.30. The van der Waals surface area contributed by atoms with Crippen molar-refractivity contribution in [1.29, 1.82) is 0 Å². The molecule has 0 bridgehead atoms. The van der Waals surface area contributed by atoms with Gasteiger partial charge in [0.25, 0.3) is 0 Å². The first kappa shape index (κ1) is 24.4. The van der Waals surface area contributed by atoms with E-state index in [-0.39, 0.29) is 5.97 Å². The zero-order valence-corrected chi connectivity index (χ0v) is 16.6. The van der Waals surface area contributed by atoms with Crippen molar-refractivity contribution in [2.45, 2.75) is 78.1 Å². The van der Waals surface area contributed by atoms with E-state index in [0.717, 1.165) is 32.3 Å². The Labute approximate surface area is 154 Å². The lowest BCUT2D eigenvalue weighted by atomic mass is 10.1. The molecule has 0 aliphatic rings. The molecule has 0 fully saturated rings. The number of carbonyl (C=O) groups excluding carboxylic acids is 1. The average Bonchev–Trinajstić information content (AvgIpc) is 2.62. The van der Waals surface area contributed by atoms with E-state index in [1.54, 1.807) is 0 Å². The lowest BCUT2D eigenvalue weighted by Crippen LogP contribution is -2.14. The van der Waals surface area contributed by atoms with Crippen LogP contribution >= 0.6 is 0 Å². The molecule has 0 aromatic heterocycles. The maximum atomic E-state index is 11.5. The van der Waals surface area contributed by atoms with Gasteiger partial charge in [0, 0.05) is 13.0 Å². The van der Waals surface area contributed by atoms with Crippen LogP contribution in [0.1, 0.15) is 78.1 Å². The molecule has 5 nitrogen and oxygen atoms in total. The Bertz CT molecular complexity index is 271. The fourth-order valence-electron chi connectivity index (χ4n) is 2.30. The molecule has 0 amide bonds. The molecule has 0 heterocycles. The normalized spacial score (nSPS) is 11.0. The quantitative estimate of drug-likeness (QED) is 0.236. The predicted octanol–water partition coefficient (Wildman–Crippen LogP) is 4.52. The molecule has 0 aliphatic heterocycles. The molecule has 0 atom stereocenters. The van der Waals surface area contributed by atoms with E-state index < -0.39 is 0 Å². The first-order chi connectivity index (χ1) is 12.3. The van der Waals surface area contributed by atoms with Crippen LogP contribution in [0, 0.1) is 0 Å². The van der Waals surface area contributed by atoms with E-state index >= 15 is 0 Å². The minimum atomic E-state index is -0.113. The van der Waals surface area contributed by atoms with Gasteiger partial charge in [0.05, 0.1) is 33.0 Å². The third kappa shape index (κ3) is 21.3. The number of rotatable bonds is 20. The van der Waals surface area contributed by atoms with Gasteiger partial charge in [-0.05, 0) is 12.8 Å². The number of hydrogen-bond acceptors (Lipinski definition) is 5. The number of unbranched alkanes of at least 4 members (excludes halogenated alkanes) is 7. The van der Waals surface area contributed by atoms with Gasteiger partial charge in [-0.1, -0.05) is 58.8 Å². The van der Waals surface area contributed by atoms with E-state index in [4.69, 9.17) is 18.9 Å². The highest BCUT2D eigenvalue weighted by Crippen LogP contribution is 2.08. The Morgan fingerprint density at radius 3 is 1.64 bits per heavy atom. The molecule has 150 valence electrons. The van der Waals surface area contributed by atoms with Crippen LogP contribution in [0.3, 0.4) is 0 Å². The van der Waals surface area contributed by atoms with Crippen molar-refractivity contribution in [1.82, 2.24) is 0 Å². The molecule has 5 heteroatoms. The summed E-state index contributed by atoms with van der Waals surface area (Å²) in [5, 5.41) is 0. The first-order valence-corrected chi connectivity index (χ1v) is 10.2. The lowest BCUT2D eigenvalue weighted by molar-refractivity contribution is -0.145. The van der Waals surface area contributed by atoms with Crippen molar-refractivity contribution < 1.29 is 23.7 Å². The van der Waals surface area contributed by atoms with Gasteiger partial charge in [-0.2, -0.15) is 0 Å². The molecule has 0 spiro atoms. The summed E-state index contributed by atoms with van der Waals surface area (Å²) in [7, 11) is 0. The maximum Gasteiger partial charge on any atom is 0.305 e. The standard InChI is InChI=1S/C20H40O5/c1-3-5-7-8-9-10-11-12-20(21)25-19-18-24-17-16-23-15-14-22-13-6-4-2/h3-19H2,1-2H3. The second-order valence-electron chi connectivity index (χ2n) is 6.28. The fraction of sp³-hybridized carbons (Fsp3) is 0.950. The van der Waals surface area contributed by atoms with Crippen LogP contribution in [-0.4, -0.2) is 52.2 Å². The van der Waals surface area contributed by atoms with E-state index in [0.29, 0.717) is 46.1 Å². The highest BCUT2D eigenvalue weighted by molar-refractivity contribution is 5.69. The molecule has 0 aromatic rings. The van der Waals surface area contributed by atoms with Crippen LogP contribution in [0.2, 0.25) is 0 Å².